The van der Waals surface area contributed by atoms with Crippen molar-refractivity contribution in [3.05, 3.63) is 0 Å². The number of carbonyl (C=O) groups excluding carboxylic acids is 1. The van der Waals surface area contributed by atoms with Crippen LogP contribution in [0.1, 0.15) is 57.8 Å². The summed E-state index contributed by atoms with van der Waals surface area (Å²) in [5.74, 6) is 1.25. The summed E-state index contributed by atoms with van der Waals surface area (Å²) in [6, 6.07) is 0.553. The topological polar surface area (TPSA) is 32.3 Å². The second-order valence-corrected chi connectivity index (χ2v) is 5.98. The first kappa shape index (κ1) is 13.9. The Labute approximate surface area is 111 Å². The third kappa shape index (κ3) is 3.71. The van der Waals surface area contributed by atoms with Crippen LogP contribution in [-0.4, -0.2) is 37.0 Å². The van der Waals surface area contributed by atoms with Crippen LogP contribution in [-0.2, 0) is 4.79 Å². The fourth-order valence-corrected chi connectivity index (χ4v) is 3.59. The van der Waals surface area contributed by atoms with Gasteiger partial charge >= 0.3 is 0 Å². The first-order valence-corrected chi connectivity index (χ1v) is 7.75. The molecule has 104 valence electrons. The molecule has 0 aromatic heterocycles. The van der Waals surface area contributed by atoms with Crippen LogP contribution in [0, 0.1) is 5.92 Å². The molecule has 1 saturated carbocycles. The Morgan fingerprint density at radius 1 is 1.17 bits per heavy atom. The third-order valence-electron chi connectivity index (χ3n) is 4.62. The van der Waals surface area contributed by atoms with Gasteiger partial charge in [-0.05, 0) is 32.2 Å². The monoisotopic (exact) mass is 252 g/mol. The summed E-state index contributed by atoms with van der Waals surface area (Å²) in [5.41, 5.74) is 0. The number of hydrogen-bond donors (Lipinski definition) is 1. The summed E-state index contributed by atoms with van der Waals surface area (Å²) in [4.78, 5) is 14.3. The molecule has 1 unspecified atom stereocenters. The van der Waals surface area contributed by atoms with Crippen molar-refractivity contribution in [1.82, 2.24) is 10.2 Å². The van der Waals surface area contributed by atoms with E-state index in [9.17, 15) is 4.79 Å². The zero-order valence-electron chi connectivity index (χ0n) is 11.8. The number of nitrogens with one attached hydrogen (secondary N) is 1. The summed E-state index contributed by atoms with van der Waals surface area (Å²) in [6.45, 7) is 1.81. The van der Waals surface area contributed by atoms with E-state index in [0.29, 0.717) is 18.4 Å². The highest BCUT2D eigenvalue weighted by Gasteiger charge is 2.30. The molecule has 2 rings (SSSR count). The second-order valence-electron chi connectivity index (χ2n) is 5.98. The number of nitrogens with zero attached hydrogens (tertiary/aromatic N) is 1. The Balaban J connectivity index is 1.80. The van der Waals surface area contributed by atoms with E-state index >= 15 is 0 Å². The summed E-state index contributed by atoms with van der Waals surface area (Å²) in [7, 11) is 1.91. The fourth-order valence-electron chi connectivity index (χ4n) is 3.59. The molecule has 1 atom stereocenters. The average Bonchev–Trinajstić information content (AvgIpc) is 2.85. The van der Waals surface area contributed by atoms with Gasteiger partial charge in [0.2, 0.25) is 5.91 Å². The number of likely N-dealkylation sites (tertiary alicyclic amines) is 1. The lowest BCUT2D eigenvalue weighted by atomic mass is 9.84. The first-order chi connectivity index (χ1) is 8.81. The van der Waals surface area contributed by atoms with Crippen molar-refractivity contribution in [2.75, 3.05) is 20.1 Å². The molecule has 2 fully saturated rings. The molecule has 1 amide bonds. The summed E-state index contributed by atoms with van der Waals surface area (Å²) in [6.07, 6.45) is 11.4. The Morgan fingerprint density at radius 2 is 1.94 bits per heavy atom. The molecule has 1 N–H and O–H groups in total. The van der Waals surface area contributed by atoms with E-state index in [1.165, 1.54) is 51.4 Å². The Hall–Kier alpha value is -0.570. The fraction of sp³-hybridized carbons (Fsp3) is 0.933. The smallest absolute Gasteiger partial charge is 0.224 e. The Bertz CT molecular complexity index is 261. The molecule has 1 aliphatic carbocycles. The lowest BCUT2D eigenvalue weighted by molar-refractivity contribution is -0.132. The minimum atomic E-state index is 0.364. The van der Waals surface area contributed by atoms with Crippen LogP contribution >= 0.6 is 0 Å². The highest BCUT2D eigenvalue weighted by atomic mass is 16.2. The summed E-state index contributed by atoms with van der Waals surface area (Å²) < 4.78 is 0. The van der Waals surface area contributed by atoms with Gasteiger partial charge < -0.3 is 10.2 Å². The van der Waals surface area contributed by atoms with Gasteiger partial charge in [-0.25, -0.2) is 0 Å². The van der Waals surface area contributed by atoms with Crippen LogP contribution in [0.5, 0.6) is 0 Å². The molecule has 1 saturated heterocycles. The molecule has 2 aliphatic rings. The van der Waals surface area contributed by atoms with Gasteiger partial charge in [-0.2, -0.15) is 0 Å². The molecular formula is C15H28N2O. The van der Waals surface area contributed by atoms with Gasteiger partial charge in [0.15, 0.2) is 0 Å². The van der Waals surface area contributed by atoms with Crippen LogP contribution in [0.2, 0.25) is 0 Å². The van der Waals surface area contributed by atoms with Crippen molar-refractivity contribution in [3.8, 4) is 0 Å². The highest BCUT2D eigenvalue weighted by Crippen LogP contribution is 2.32. The normalized spacial score (nSPS) is 25.6. The molecular weight excluding hydrogens is 224 g/mol. The number of amides is 1. The van der Waals surface area contributed by atoms with Gasteiger partial charge in [-0.1, -0.05) is 32.1 Å². The SMILES string of the molecule is CNCCC(=O)N1CCCC1CC1CCCCC1. The number of hydrogen-bond acceptors (Lipinski definition) is 2. The van der Waals surface area contributed by atoms with E-state index < -0.39 is 0 Å². The average molecular weight is 252 g/mol. The summed E-state index contributed by atoms with van der Waals surface area (Å²) in [5, 5.41) is 3.07. The molecule has 18 heavy (non-hydrogen) atoms. The van der Waals surface area contributed by atoms with Crippen molar-refractivity contribution in [1.29, 1.82) is 0 Å². The molecule has 3 heteroatoms. The second kappa shape index (κ2) is 7.13. The Morgan fingerprint density at radius 3 is 2.67 bits per heavy atom. The van der Waals surface area contributed by atoms with E-state index in [0.717, 1.165) is 19.0 Å². The van der Waals surface area contributed by atoms with Crippen molar-refractivity contribution < 1.29 is 4.79 Å². The van der Waals surface area contributed by atoms with E-state index in [4.69, 9.17) is 0 Å². The summed E-state index contributed by atoms with van der Waals surface area (Å²) >= 11 is 0. The predicted molar refractivity (Wildman–Crippen MR) is 74.5 cm³/mol. The zero-order chi connectivity index (χ0) is 12.8. The third-order valence-corrected chi connectivity index (χ3v) is 4.62. The van der Waals surface area contributed by atoms with Gasteiger partial charge in [0.1, 0.15) is 0 Å². The number of rotatable bonds is 5. The molecule has 0 aromatic rings. The van der Waals surface area contributed by atoms with Crippen LogP contribution < -0.4 is 5.32 Å². The molecule has 1 aliphatic heterocycles. The molecule has 0 aromatic carbocycles. The largest absolute Gasteiger partial charge is 0.340 e. The van der Waals surface area contributed by atoms with Crippen LogP contribution in [0.4, 0.5) is 0 Å². The maximum Gasteiger partial charge on any atom is 0.224 e. The Kier molecular flexibility index (Phi) is 5.48. The van der Waals surface area contributed by atoms with Gasteiger partial charge in [0.25, 0.3) is 0 Å². The maximum absolute atomic E-state index is 12.1. The van der Waals surface area contributed by atoms with E-state index in [1.54, 1.807) is 0 Å². The van der Waals surface area contributed by atoms with Gasteiger partial charge in [0.05, 0.1) is 0 Å². The van der Waals surface area contributed by atoms with Gasteiger partial charge in [-0.15, -0.1) is 0 Å². The van der Waals surface area contributed by atoms with E-state index in [-0.39, 0.29) is 0 Å². The van der Waals surface area contributed by atoms with Crippen LogP contribution in [0.25, 0.3) is 0 Å². The van der Waals surface area contributed by atoms with Crippen molar-refractivity contribution in [2.45, 2.75) is 63.8 Å². The van der Waals surface area contributed by atoms with Crippen molar-refractivity contribution in [2.24, 2.45) is 5.92 Å². The van der Waals surface area contributed by atoms with Crippen molar-refractivity contribution in [3.63, 3.8) is 0 Å². The first-order valence-electron chi connectivity index (χ1n) is 7.75. The minimum Gasteiger partial charge on any atom is -0.340 e. The van der Waals surface area contributed by atoms with Gasteiger partial charge in [-0.3, -0.25) is 4.79 Å². The minimum absolute atomic E-state index is 0.364. The molecule has 0 radical (unpaired) electrons. The van der Waals surface area contributed by atoms with E-state index in [2.05, 4.69) is 10.2 Å². The predicted octanol–water partition coefficient (Wildman–Crippen LogP) is 2.56. The molecule has 0 bridgehead atoms. The maximum atomic E-state index is 12.1. The van der Waals surface area contributed by atoms with Crippen molar-refractivity contribution >= 4 is 5.91 Å². The van der Waals surface area contributed by atoms with Crippen LogP contribution in [0.15, 0.2) is 0 Å². The number of carbonyl (C=O) groups is 1. The lowest BCUT2D eigenvalue weighted by Gasteiger charge is -2.30. The van der Waals surface area contributed by atoms with Gasteiger partial charge in [0, 0.05) is 25.6 Å². The standard InChI is InChI=1S/C15H28N2O/c1-16-10-9-15(18)17-11-5-8-14(17)12-13-6-3-2-4-7-13/h13-14,16H,2-12H2,1H3. The highest BCUT2D eigenvalue weighted by molar-refractivity contribution is 5.77. The quantitative estimate of drug-likeness (QED) is 0.815. The lowest BCUT2D eigenvalue weighted by Crippen LogP contribution is -2.38. The molecule has 3 nitrogen and oxygen atoms in total. The molecule has 0 spiro atoms. The zero-order valence-corrected chi connectivity index (χ0v) is 11.8. The van der Waals surface area contributed by atoms with E-state index in [1.807, 2.05) is 7.05 Å². The van der Waals surface area contributed by atoms with Crippen LogP contribution in [0.3, 0.4) is 0 Å². The molecule has 1 heterocycles.